The van der Waals surface area contributed by atoms with Crippen LogP contribution in [-0.2, 0) is 10.3 Å². The second-order valence-electron chi connectivity index (χ2n) is 6.90. The van der Waals surface area contributed by atoms with Gasteiger partial charge in [-0.15, -0.1) is 0 Å². The maximum atomic E-state index is 10.2. The number of hydrogen-bond donors (Lipinski definition) is 1. The second kappa shape index (κ2) is 4.58. The first-order valence-corrected chi connectivity index (χ1v) is 6.41. The highest BCUT2D eigenvalue weighted by molar-refractivity contribution is 5.39. The first kappa shape index (κ1) is 15.0. The van der Waals surface area contributed by atoms with E-state index in [1.807, 2.05) is 18.2 Å². The molecule has 2 heteroatoms. The van der Waals surface area contributed by atoms with E-state index in [1.165, 1.54) is 0 Å². The molecule has 1 N–H and O–H groups in total. The van der Waals surface area contributed by atoms with Gasteiger partial charge in [0.2, 0.25) is 0 Å². The molecule has 102 valence electrons. The molecule has 0 atom stereocenters. The highest BCUT2D eigenvalue weighted by atomic mass is 16.5. The first-order chi connectivity index (χ1) is 8.08. The number of phenols is 1. The lowest BCUT2D eigenvalue weighted by atomic mass is 9.59. The fourth-order valence-corrected chi connectivity index (χ4v) is 3.43. The molecular weight excluding hydrogens is 224 g/mol. The van der Waals surface area contributed by atoms with Crippen LogP contribution in [0, 0.1) is 10.8 Å². The van der Waals surface area contributed by atoms with Crippen molar-refractivity contribution >= 4 is 0 Å². The van der Waals surface area contributed by atoms with Crippen molar-refractivity contribution in [2.75, 3.05) is 7.11 Å². The van der Waals surface area contributed by atoms with E-state index >= 15 is 0 Å². The van der Waals surface area contributed by atoms with E-state index in [9.17, 15) is 5.11 Å². The summed E-state index contributed by atoms with van der Waals surface area (Å²) in [6, 6.07) is 7.46. The Morgan fingerprint density at radius 2 is 1.33 bits per heavy atom. The monoisotopic (exact) mass is 250 g/mol. The van der Waals surface area contributed by atoms with Crippen LogP contribution in [0.15, 0.2) is 24.3 Å². The molecule has 0 saturated heterocycles. The number of ether oxygens (including phenoxy) is 1. The fourth-order valence-electron chi connectivity index (χ4n) is 3.43. The summed E-state index contributed by atoms with van der Waals surface area (Å²) in [6.07, 6.45) is 0. The number of hydrogen-bond acceptors (Lipinski definition) is 2. The minimum atomic E-state index is -0.550. The van der Waals surface area contributed by atoms with Crippen molar-refractivity contribution in [1.82, 2.24) is 0 Å². The van der Waals surface area contributed by atoms with Gasteiger partial charge in [-0.1, -0.05) is 59.7 Å². The predicted octanol–water partition coefficient (Wildman–Crippen LogP) is 4.33. The van der Waals surface area contributed by atoms with E-state index in [2.05, 4.69) is 41.5 Å². The summed E-state index contributed by atoms with van der Waals surface area (Å²) >= 11 is 0. The summed E-state index contributed by atoms with van der Waals surface area (Å²) in [7, 11) is 1.73. The SMILES string of the molecule is COC(c1ccccc1O)(C(C)(C)C)C(C)(C)C. The molecule has 1 rings (SSSR count). The molecule has 0 aliphatic carbocycles. The largest absolute Gasteiger partial charge is 0.508 e. The van der Waals surface area contributed by atoms with Crippen LogP contribution in [0.5, 0.6) is 5.75 Å². The van der Waals surface area contributed by atoms with Crippen molar-refractivity contribution in [3.05, 3.63) is 29.8 Å². The average Bonchev–Trinajstić information content (AvgIpc) is 2.18. The van der Waals surface area contributed by atoms with E-state index < -0.39 is 5.60 Å². The molecule has 0 amide bonds. The Morgan fingerprint density at radius 3 is 1.67 bits per heavy atom. The summed E-state index contributed by atoms with van der Waals surface area (Å²) in [5, 5.41) is 10.2. The van der Waals surface area contributed by atoms with E-state index in [1.54, 1.807) is 13.2 Å². The highest BCUT2D eigenvalue weighted by Crippen LogP contribution is 2.55. The van der Waals surface area contributed by atoms with Gasteiger partial charge < -0.3 is 9.84 Å². The third kappa shape index (κ3) is 2.14. The summed E-state index contributed by atoms with van der Waals surface area (Å²) in [4.78, 5) is 0. The lowest BCUT2D eigenvalue weighted by molar-refractivity contribution is -0.171. The zero-order valence-corrected chi connectivity index (χ0v) is 12.7. The van der Waals surface area contributed by atoms with Crippen molar-refractivity contribution in [3.8, 4) is 5.75 Å². The van der Waals surface area contributed by atoms with Crippen LogP contribution in [0.2, 0.25) is 0 Å². The molecule has 0 unspecified atom stereocenters. The van der Waals surface area contributed by atoms with Crippen molar-refractivity contribution in [2.24, 2.45) is 10.8 Å². The maximum absolute atomic E-state index is 10.2. The molecule has 0 saturated carbocycles. The topological polar surface area (TPSA) is 29.5 Å². The quantitative estimate of drug-likeness (QED) is 0.846. The van der Waals surface area contributed by atoms with Crippen LogP contribution in [0.25, 0.3) is 0 Å². The average molecular weight is 250 g/mol. The van der Waals surface area contributed by atoms with Gasteiger partial charge in [-0.2, -0.15) is 0 Å². The smallest absolute Gasteiger partial charge is 0.121 e. The molecule has 2 nitrogen and oxygen atoms in total. The van der Waals surface area contributed by atoms with Crippen LogP contribution in [0.3, 0.4) is 0 Å². The molecule has 0 aliphatic rings. The maximum Gasteiger partial charge on any atom is 0.121 e. The van der Waals surface area contributed by atoms with Gasteiger partial charge in [0.25, 0.3) is 0 Å². The van der Waals surface area contributed by atoms with Gasteiger partial charge in [-0.25, -0.2) is 0 Å². The Kier molecular flexibility index (Phi) is 3.83. The Balaban J connectivity index is 3.63. The fraction of sp³-hybridized carbons (Fsp3) is 0.625. The molecule has 1 aromatic carbocycles. The summed E-state index contributed by atoms with van der Waals surface area (Å²) in [5.41, 5.74) is 0.0238. The second-order valence-corrected chi connectivity index (χ2v) is 6.90. The van der Waals surface area contributed by atoms with E-state index in [4.69, 9.17) is 4.74 Å². The van der Waals surface area contributed by atoms with Crippen LogP contribution in [-0.4, -0.2) is 12.2 Å². The van der Waals surface area contributed by atoms with Crippen molar-refractivity contribution in [2.45, 2.75) is 47.1 Å². The van der Waals surface area contributed by atoms with Gasteiger partial charge in [0, 0.05) is 12.7 Å². The summed E-state index contributed by atoms with van der Waals surface area (Å²) < 4.78 is 5.97. The molecule has 1 aromatic rings. The lowest BCUT2D eigenvalue weighted by Crippen LogP contribution is -2.51. The predicted molar refractivity (Wildman–Crippen MR) is 75.7 cm³/mol. The molecule has 0 aliphatic heterocycles. The first-order valence-electron chi connectivity index (χ1n) is 6.41. The minimum absolute atomic E-state index is 0.140. The van der Waals surface area contributed by atoms with Crippen molar-refractivity contribution < 1.29 is 9.84 Å². The van der Waals surface area contributed by atoms with Crippen LogP contribution in [0.1, 0.15) is 47.1 Å². The van der Waals surface area contributed by atoms with Gasteiger partial charge in [0.05, 0.1) is 0 Å². The molecule has 0 heterocycles. The highest BCUT2D eigenvalue weighted by Gasteiger charge is 2.53. The Labute approximate surface area is 111 Å². The molecule has 0 spiro atoms. The molecular formula is C16H26O2. The number of methoxy groups -OCH3 is 1. The van der Waals surface area contributed by atoms with Gasteiger partial charge in [-0.05, 0) is 16.9 Å². The molecule has 0 bridgehead atoms. The van der Waals surface area contributed by atoms with Gasteiger partial charge >= 0.3 is 0 Å². The number of benzene rings is 1. The summed E-state index contributed by atoms with van der Waals surface area (Å²) in [6.45, 7) is 12.9. The number of rotatable bonds is 2. The molecule has 0 aromatic heterocycles. The van der Waals surface area contributed by atoms with E-state index in [0.29, 0.717) is 5.75 Å². The third-order valence-corrected chi connectivity index (χ3v) is 3.70. The summed E-state index contributed by atoms with van der Waals surface area (Å²) in [5.74, 6) is 0.296. The Hall–Kier alpha value is -1.02. The number of para-hydroxylation sites is 1. The third-order valence-electron chi connectivity index (χ3n) is 3.70. The number of aromatic hydroxyl groups is 1. The van der Waals surface area contributed by atoms with Crippen molar-refractivity contribution in [3.63, 3.8) is 0 Å². The van der Waals surface area contributed by atoms with Gasteiger partial charge in [-0.3, -0.25) is 0 Å². The Bertz CT molecular complexity index is 394. The standard InChI is InChI=1S/C16H26O2/c1-14(2,3)16(18-7,15(4,5)6)12-10-8-9-11-13(12)17/h8-11,17H,1-7H3. The lowest BCUT2D eigenvalue weighted by Gasteiger charge is -2.52. The molecule has 0 radical (unpaired) electrons. The van der Waals surface area contributed by atoms with Crippen LogP contribution < -0.4 is 0 Å². The van der Waals surface area contributed by atoms with Crippen molar-refractivity contribution in [1.29, 1.82) is 0 Å². The number of phenolic OH excluding ortho intramolecular Hbond substituents is 1. The normalized spacial score (nSPS) is 13.7. The van der Waals surface area contributed by atoms with Gasteiger partial charge in [0.15, 0.2) is 0 Å². The molecule has 0 fully saturated rings. The Morgan fingerprint density at radius 1 is 0.889 bits per heavy atom. The minimum Gasteiger partial charge on any atom is -0.508 e. The van der Waals surface area contributed by atoms with E-state index in [0.717, 1.165) is 5.56 Å². The van der Waals surface area contributed by atoms with E-state index in [-0.39, 0.29) is 10.8 Å². The van der Waals surface area contributed by atoms with Crippen LogP contribution >= 0.6 is 0 Å². The molecule has 18 heavy (non-hydrogen) atoms. The van der Waals surface area contributed by atoms with Gasteiger partial charge in [0.1, 0.15) is 11.4 Å². The zero-order valence-electron chi connectivity index (χ0n) is 12.7. The van der Waals surface area contributed by atoms with Crippen LogP contribution in [0.4, 0.5) is 0 Å². The zero-order chi connectivity index (χ0) is 14.2.